The molecule has 148 heavy (non-hydrogen) atoms. The highest BCUT2D eigenvalue weighted by atomic mass is 35.5. The van der Waals surface area contributed by atoms with Gasteiger partial charge in [-0.15, -0.1) is 0 Å². The molecule has 16 rings (SSSR count). The fourth-order valence-electron chi connectivity index (χ4n) is 18.6. The third kappa shape index (κ3) is 26.8. The molecule has 4 saturated heterocycles. The van der Waals surface area contributed by atoms with Crippen LogP contribution in [0.25, 0.3) is 44.5 Å². The van der Waals surface area contributed by atoms with Crippen LogP contribution in [0.3, 0.4) is 0 Å². The van der Waals surface area contributed by atoms with Gasteiger partial charge in [-0.05, 0) is 353 Å². The standard InChI is InChI=1S/C29H33NO7S.C29H33NO6S.C28H30ClNO6S.C28H31NO6S/c1-21-19-24(8-13-27(21)35-2)23-7-3-5-22(20-23)6-4-16-37-25-9-11-26(12-10-25)38(33,34)29(28(31)30-32)14-17-36-18-15-29;1-21-8-9-25(19-22(21)2)24-7-3-5-23(20-24)6-4-16-36-26-10-12-27(13-11-26)37(33,34)29(28(31)30-32)14-17-35-18-15-29;1-20-18-23(7-12-26(20)29)22-6-2-4-21(19-22)5-3-15-36-24-8-10-25(11-9-24)37(33,34)28(27(31)30-32)13-16-35-17-14-28;1-21-6-2-3-10-26(21)23-9-4-7-22(20-23)8-5-17-35-24-11-13-25(14-12-24)36(32,33)28(27(30)29-31)15-18-34-19-16-28/h3,5,7-13,19-20,32H,4,6,14-18H2,1-2H3,(H,30,31);3,5,7-13,19-20,32H,4,6,14-18H2,1-2H3,(H,30,31);2,4,6-12,18-19,32H,3,5,13-17H2,1H3,(H,30,31);2-4,6-7,9-14,20,31H,5,8,15-19H2,1H3,(H,29,30). The van der Waals surface area contributed by atoms with E-state index < -0.39 is 82.0 Å². The summed E-state index contributed by atoms with van der Waals surface area (Å²) in [7, 11) is -14.6. The second kappa shape index (κ2) is 52.0. The van der Waals surface area contributed by atoms with E-state index in [1.165, 1.54) is 132 Å². The smallest absolute Gasteiger partial charge is 0.265 e. The molecule has 4 aliphatic heterocycles. The topological polar surface area (TPSA) is 417 Å². The first kappa shape index (κ1) is 112. The molecule has 0 spiro atoms. The average molecular weight is 2120 g/mol. The number of carbonyl (C=O) groups is 4. The highest BCUT2D eigenvalue weighted by Gasteiger charge is 2.56. The minimum atomic E-state index is -4.06. The van der Waals surface area contributed by atoms with Crippen LogP contribution in [0.2, 0.25) is 5.02 Å². The van der Waals surface area contributed by atoms with Gasteiger partial charge in [0.1, 0.15) is 28.7 Å². The number of hydrogen-bond donors (Lipinski definition) is 8. The maximum Gasteiger partial charge on any atom is 0.265 e. The fraction of sp³-hybridized carbons (Fsp3) is 0.333. The van der Waals surface area contributed by atoms with E-state index in [-0.39, 0.29) is 124 Å². The van der Waals surface area contributed by atoms with Crippen LogP contribution < -0.4 is 45.6 Å². The Hall–Kier alpha value is -12.7. The number of hydrogen-bond acceptors (Lipinski definition) is 25. The number of sulfone groups is 4. The molecule has 784 valence electrons. The number of methoxy groups -OCH3 is 1. The van der Waals surface area contributed by atoms with Crippen molar-refractivity contribution in [3.8, 4) is 73.3 Å². The van der Waals surface area contributed by atoms with E-state index >= 15 is 0 Å². The molecular formula is C114H127ClN4O25S4. The van der Waals surface area contributed by atoms with Crippen LogP contribution in [-0.4, -0.2) is 184 Å². The van der Waals surface area contributed by atoms with Gasteiger partial charge in [-0.3, -0.25) is 40.0 Å². The summed E-state index contributed by atoms with van der Waals surface area (Å²) in [5.74, 6) is -0.692. The molecule has 0 saturated carbocycles. The molecule has 0 radical (unpaired) electrons. The van der Waals surface area contributed by atoms with Crippen molar-refractivity contribution in [2.24, 2.45) is 0 Å². The first-order chi connectivity index (χ1) is 71.2. The normalized spacial score (nSPS) is 15.2. The van der Waals surface area contributed by atoms with Crippen molar-refractivity contribution in [2.45, 2.75) is 176 Å². The average Bonchev–Trinajstić information content (AvgIpc) is 0.757. The minimum Gasteiger partial charge on any atom is -0.496 e. The van der Waals surface area contributed by atoms with E-state index in [2.05, 4.69) is 154 Å². The Morgan fingerprint density at radius 1 is 0.291 bits per heavy atom. The third-order valence-corrected chi connectivity index (χ3v) is 38.1. The Morgan fingerprint density at radius 3 is 0.831 bits per heavy atom. The van der Waals surface area contributed by atoms with Gasteiger partial charge in [0.15, 0.2) is 58.3 Å². The second-order valence-corrected chi connectivity index (χ2v) is 46.4. The molecule has 0 atom stereocenters. The van der Waals surface area contributed by atoms with Crippen LogP contribution in [0.4, 0.5) is 0 Å². The van der Waals surface area contributed by atoms with Crippen molar-refractivity contribution in [3.63, 3.8) is 0 Å². The van der Waals surface area contributed by atoms with Crippen LogP contribution in [-0.2, 0) is 103 Å². The van der Waals surface area contributed by atoms with E-state index in [4.69, 9.17) is 59.4 Å². The van der Waals surface area contributed by atoms with E-state index in [0.717, 1.165) is 95.5 Å². The molecule has 12 aromatic carbocycles. The minimum absolute atomic E-state index is 0.000369. The number of rotatable bonds is 37. The molecule has 0 aromatic heterocycles. The molecular weight excluding hydrogens is 1990 g/mol. The summed E-state index contributed by atoms with van der Waals surface area (Å²) in [6.45, 7) is 13.2. The van der Waals surface area contributed by atoms with Crippen molar-refractivity contribution in [1.29, 1.82) is 0 Å². The maximum atomic E-state index is 13.3. The zero-order chi connectivity index (χ0) is 106. The zero-order valence-electron chi connectivity index (χ0n) is 83.7. The lowest BCUT2D eigenvalue weighted by Gasteiger charge is -2.34. The Bertz CT molecular complexity index is 6830. The van der Waals surface area contributed by atoms with E-state index in [1.54, 1.807) is 55.6 Å². The van der Waals surface area contributed by atoms with Crippen molar-refractivity contribution >= 4 is 74.6 Å². The summed E-state index contributed by atoms with van der Waals surface area (Å²) in [4.78, 5) is 49.5. The number of amides is 4. The Morgan fingerprint density at radius 2 is 0.554 bits per heavy atom. The molecule has 4 aliphatic rings. The Kier molecular flexibility index (Phi) is 39.5. The van der Waals surface area contributed by atoms with Gasteiger partial charge in [0, 0.05) is 57.9 Å². The largest absolute Gasteiger partial charge is 0.496 e. The Balaban J connectivity index is 0.000000165. The van der Waals surface area contributed by atoms with Crippen molar-refractivity contribution in [3.05, 3.63) is 328 Å². The lowest BCUT2D eigenvalue weighted by Crippen LogP contribution is -2.54. The quantitative estimate of drug-likeness (QED) is 0.0102. The molecule has 4 heterocycles. The summed E-state index contributed by atoms with van der Waals surface area (Å²) in [5, 5.41) is 37.5. The molecule has 4 fully saturated rings. The first-order valence-corrected chi connectivity index (χ1v) is 55.4. The summed E-state index contributed by atoms with van der Waals surface area (Å²) >= 11 is 6.15. The van der Waals surface area contributed by atoms with E-state index in [9.17, 15) is 68.5 Å². The van der Waals surface area contributed by atoms with Gasteiger partial charge < -0.3 is 42.6 Å². The fourth-order valence-corrected chi connectivity index (χ4v) is 26.5. The summed E-state index contributed by atoms with van der Waals surface area (Å²) in [6, 6.07) is 85.0. The number of hydroxylamine groups is 4. The summed E-state index contributed by atoms with van der Waals surface area (Å²) < 4.78 is 149. The molecule has 4 amide bonds. The van der Waals surface area contributed by atoms with Gasteiger partial charge in [0.25, 0.3) is 23.6 Å². The molecule has 29 nitrogen and oxygen atoms in total. The summed E-state index contributed by atoms with van der Waals surface area (Å²) in [6.07, 6.45) is 6.33. The van der Waals surface area contributed by atoms with Gasteiger partial charge in [-0.2, -0.15) is 0 Å². The Labute approximate surface area is 870 Å². The predicted molar refractivity (Wildman–Crippen MR) is 563 cm³/mol. The highest BCUT2D eigenvalue weighted by molar-refractivity contribution is 7.94. The molecule has 0 aliphatic carbocycles. The van der Waals surface area contributed by atoms with E-state index in [0.29, 0.717) is 49.4 Å². The first-order valence-electron chi connectivity index (χ1n) is 49.1. The van der Waals surface area contributed by atoms with Crippen LogP contribution >= 0.6 is 11.6 Å². The van der Waals surface area contributed by atoms with Gasteiger partial charge in [-0.25, -0.2) is 55.6 Å². The number of aryl methyl sites for hydroxylation is 9. The lowest BCUT2D eigenvalue weighted by molar-refractivity contribution is -0.135. The number of carbonyl (C=O) groups excluding carboxylic acids is 4. The van der Waals surface area contributed by atoms with E-state index in [1.807, 2.05) is 56.3 Å². The van der Waals surface area contributed by atoms with Crippen LogP contribution in [0.1, 0.15) is 127 Å². The van der Waals surface area contributed by atoms with Crippen molar-refractivity contribution in [2.75, 3.05) is 86.4 Å². The highest BCUT2D eigenvalue weighted by Crippen LogP contribution is 2.43. The van der Waals surface area contributed by atoms with Crippen molar-refractivity contribution < 1.29 is 116 Å². The zero-order valence-corrected chi connectivity index (χ0v) is 87.7. The number of nitrogens with one attached hydrogen (secondary N) is 4. The SMILES string of the molecule is COc1ccc(-c2cccc(CCCOc3ccc(S(=O)(=O)C4(C(=O)NO)CCOCC4)cc3)c2)cc1C.Cc1cc(-c2cccc(CCCOc3ccc(S(=O)(=O)C4(C(=O)NO)CCOCC4)cc3)c2)ccc1Cl.Cc1ccc(-c2cccc(CCCOc3ccc(S(=O)(=O)C4(C(=O)NO)CCOCC4)cc3)c2)cc1C.Cc1ccccc1-c1cccc(CCCOc2ccc(S(=O)(=O)C3(C(=O)NO)CCOCC3)cc2)c1. The van der Waals surface area contributed by atoms with Crippen molar-refractivity contribution in [1.82, 2.24) is 21.9 Å². The van der Waals surface area contributed by atoms with Crippen LogP contribution in [0.5, 0.6) is 28.7 Å². The number of benzene rings is 12. The molecule has 0 unspecified atom stereocenters. The lowest BCUT2D eigenvalue weighted by atomic mass is 9.98. The predicted octanol–water partition coefficient (Wildman–Crippen LogP) is 19.0. The molecule has 0 bridgehead atoms. The van der Waals surface area contributed by atoms with Gasteiger partial charge >= 0.3 is 0 Å². The third-order valence-electron chi connectivity index (χ3n) is 27.6. The van der Waals surface area contributed by atoms with Crippen LogP contribution in [0.15, 0.2) is 293 Å². The second-order valence-electron chi connectivity index (χ2n) is 37.0. The summed E-state index contributed by atoms with van der Waals surface area (Å²) in [5.41, 5.74) is 26.2. The number of halogens is 1. The molecule has 12 aromatic rings. The molecule has 34 heteroatoms. The van der Waals surface area contributed by atoms with Gasteiger partial charge in [-0.1, -0.05) is 163 Å². The number of ether oxygens (including phenoxy) is 9. The van der Waals surface area contributed by atoms with Crippen LogP contribution in [0, 0.1) is 34.6 Å². The van der Waals surface area contributed by atoms with Gasteiger partial charge in [0.2, 0.25) is 0 Å². The monoisotopic (exact) mass is 2110 g/mol. The maximum absolute atomic E-state index is 13.3. The molecule has 8 N–H and O–H groups in total. The van der Waals surface area contributed by atoms with Gasteiger partial charge in [0.05, 0.1) is 53.1 Å².